The topological polar surface area (TPSA) is 92.5 Å². The molecule has 1 aromatic heterocycles. The summed E-state index contributed by atoms with van der Waals surface area (Å²) >= 11 is 0. The fourth-order valence-electron chi connectivity index (χ4n) is 3.33. The van der Waals surface area contributed by atoms with Crippen molar-refractivity contribution in [2.75, 3.05) is 7.11 Å². The van der Waals surface area contributed by atoms with Crippen LogP contribution >= 0.6 is 0 Å². The van der Waals surface area contributed by atoms with E-state index in [2.05, 4.69) is 15.6 Å². The molecular weight excluding hydrogens is 394 g/mol. The van der Waals surface area contributed by atoms with E-state index in [1.807, 2.05) is 54.7 Å². The number of aromatic nitrogens is 1. The van der Waals surface area contributed by atoms with E-state index in [0.29, 0.717) is 12.2 Å². The molecule has 3 rings (SSSR count). The number of methoxy groups -OCH3 is 1. The van der Waals surface area contributed by atoms with E-state index >= 15 is 0 Å². The lowest BCUT2D eigenvalue weighted by molar-refractivity contribution is -0.123. The standard InChI is InChI=1S/C24H29N3O4/c1-24(2,3)31-23(29)27-20(13-17-15-25-19-11-7-6-10-18(17)19)22(28)26-14-16-9-5-8-12-21(16)30-4/h5-12,15,20,25H,13-14H2,1-4H3,(H,26,28)(H,27,29). The van der Waals surface area contributed by atoms with Gasteiger partial charge >= 0.3 is 6.09 Å². The van der Waals surface area contributed by atoms with Crippen molar-refractivity contribution >= 4 is 22.9 Å². The number of hydrogen-bond acceptors (Lipinski definition) is 4. The summed E-state index contributed by atoms with van der Waals surface area (Å²) in [5.41, 5.74) is 2.09. The largest absolute Gasteiger partial charge is 0.496 e. The molecule has 1 atom stereocenters. The van der Waals surface area contributed by atoms with Gasteiger partial charge in [-0.15, -0.1) is 0 Å². The number of ether oxygens (including phenoxy) is 2. The van der Waals surface area contributed by atoms with Crippen LogP contribution in [-0.2, 0) is 22.5 Å². The highest BCUT2D eigenvalue weighted by atomic mass is 16.6. The minimum Gasteiger partial charge on any atom is -0.496 e. The third kappa shape index (κ3) is 6.01. The number of amides is 2. The predicted molar refractivity (Wildman–Crippen MR) is 120 cm³/mol. The summed E-state index contributed by atoms with van der Waals surface area (Å²) in [7, 11) is 1.59. The van der Waals surface area contributed by atoms with Gasteiger partial charge in [0.1, 0.15) is 17.4 Å². The van der Waals surface area contributed by atoms with Crippen molar-refractivity contribution in [2.45, 2.75) is 45.4 Å². The van der Waals surface area contributed by atoms with Crippen molar-refractivity contribution in [3.63, 3.8) is 0 Å². The molecule has 2 amide bonds. The molecule has 3 N–H and O–H groups in total. The Morgan fingerprint density at radius 1 is 1.03 bits per heavy atom. The van der Waals surface area contributed by atoms with Gasteiger partial charge in [-0.05, 0) is 38.5 Å². The molecule has 0 radical (unpaired) electrons. The van der Waals surface area contributed by atoms with Crippen LogP contribution in [0.4, 0.5) is 4.79 Å². The maximum absolute atomic E-state index is 13.0. The van der Waals surface area contributed by atoms with Crippen molar-refractivity contribution in [3.8, 4) is 5.75 Å². The van der Waals surface area contributed by atoms with Crippen molar-refractivity contribution in [2.24, 2.45) is 0 Å². The first kappa shape index (κ1) is 22.2. The molecule has 1 unspecified atom stereocenters. The van der Waals surface area contributed by atoms with Gasteiger partial charge in [-0.25, -0.2) is 4.79 Å². The summed E-state index contributed by atoms with van der Waals surface area (Å²) in [6.45, 7) is 5.62. The summed E-state index contributed by atoms with van der Waals surface area (Å²) in [5.74, 6) is 0.387. The lowest BCUT2D eigenvalue weighted by Crippen LogP contribution is -2.49. The van der Waals surface area contributed by atoms with E-state index in [-0.39, 0.29) is 12.5 Å². The van der Waals surface area contributed by atoms with E-state index in [4.69, 9.17) is 9.47 Å². The number of rotatable bonds is 7. The molecule has 7 heteroatoms. The normalized spacial score (nSPS) is 12.3. The molecule has 164 valence electrons. The summed E-state index contributed by atoms with van der Waals surface area (Å²) in [6.07, 6.45) is 1.55. The summed E-state index contributed by atoms with van der Waals surface area (Å²) in [6, 6.07) is 14.5. The molecule has 0 bridgehead atoms. The predicted octanol–water partition coefficient (Wildman–Crippen LogP) is 3.93. The average Bonchev–Trinajstić information content (AvgIpc) is 3.13. The fourth-order valence-corrected chi connectivity index (χ4v) is 3.33. The highest BCUT2D eigenvalue weighted by molar-refractivity contribution is 5.88. The second-order valence-electron chi connectivity index (χ2n) is 8.29. The quantitative estimate of drug-likeness (QED) is 0.537. The number of alkyl carbamates (subject to hydrolysis) is 1. The van der Waals surface area contributed by atoms with Gasteiger partial charge < -0.3 is 25.1 Å². The maximum atomic E-state index is 13.0. The Hall–Kier alpha value is -3.48. The molecule has 0 spiro atoms. The van der Waals surface area contributed by atoms with Crippen LogP contribution in [-0.4, -0.2) is 35.7 Å². The number of hydrogen-bond donors (Lipinski definition) is 3. The number of H-pyrrole nitrogens is 1. The zero-order valence-electron chi connectivity index (χ0n) is 18.3. The van der Waals surface area contributed by atoms with Gasteiger partial charge in [0.15, 0.2) is 0 Å². The second-order valence-corrected chi connectivity index (χ2v) is 8.29. The summed E-state index contributed by atoms with van der Waals surface area (Å²) < 4.78 is 10.7. The third-order valence-corrected chi connectivity index (χ3v) is 4.75. The van der Waals surface area contributed by atoms with Crippen LogP contribution in [0.15, 0.2) is 54.7 Å². The van der Waals surface area contributed by atoms with Crippen molar-refractivity contribution in [3.05, 3.63) is 65.9 Å². The third-order valence-electron chi connectivity index (χ3n) is 4.75. The minimum atomic E-state index is -0.802. The van der Waals surface area contributed by atoms with Gasteiger partial charge in [0.05, 0.1) is 7.11 Å². The molecule has 0 aliphatic carbocycles. The van der Waals surface area contributed by atoms with E-state index in [1.165, 1.54) is 0 Å². The molecule has 2 aromatic carbocycles. The number of aromatic amines is 1. The minimum absolute atomic E-state index is 0.281. The van der Waals surface area contributed by atoms with E-state index in [0.717, 1.165) is 22.0 Å². The Kier molecular flexibility index (Phi) is 6.84. The Bertz CT molecular complexity index is 1050. The van der Waals surface area contributed by atoms with Gasteiger partial charge in [-0.1, -0.05) is 36.4 Å². The van der Waals surface area contributed by atoms with Crippen LogP contribution in [0.3, 0.4) is 0 Å². The number of benzene rings is 2. The van der Waals surface area contributed by atoms with Crippen LogP contribution in [0, 0.1) is 0 Å². The Balaban J connectivity index is 1.77. The second kappa shape index (κ2) is 9.55. The fraction of sp³-hybridized carbons (Fsp3) is 0.333. The van der Waals surface area contributed by atoms with Gasteiger partial charge in [-0.2, -0.15) is 0 Å². The summed E-state index contributed by atoms with van der Waals surface area (Å²) in [4.78, 5) is 28.7. The lowest BCUT2D eigenvalue weighted by atomic mass is 10.0. The van der Waals surface area contributed by atoms with Crippen LogP contribution < -0.4 is 15.4 Å². The SMILES string of the molecule is COc1ccccc1CNC(=O)C(Cc1c[nH]c2ccccc12)NC(=O)OC(C)(C)C. The van der Waals surface area contributed by atoms with Gasteiger partial charge in [0.2, 0.25) is 5.91 Å². The molecule has 0 saturated carbocycles. The molecule has 31 heavy (non-hydrogen) atoms. The smallest absolute Gasteiger partial charge is 0.408 e. The first-order valence-corrected chi connectivity index (χ1v) is 10.2. The maximum Gasteiger partial charge on any atom is 0.408 e. The van der Waals surface area contributed by atoms with E-state index in [9.17, 15) is 9.59 Å². The highest BCUT2D eigenvalue weighted by Gasteiger charge is 2.25. The average molecular weight is 424 g/mol. The Labute approximate surface area is 182 Å². The molecule has 7 nitrogen and oxygen atoms in total. The number of carbonyl (C=O) groups excluding carboxylic acids is 2. The van der Waals surface area contributed by atoms with Crippen LogP contribution in [0.25, 0.3) is 10.9 Å². The van der Waals surface area contributed by atoms with Gasteiger partial charge in [-0.3, -0.25) is 4.79 Å². The first-order chi connectivity index (χ1) is 14.8. The first-order valence-electron chi connectivity index (χ1n) is 10.2. The molecule has 0 fully saturated rings. The Morgan fingerprint density at radius 2 is 1.74 bits per heavy atom. The Morgan fingerprint density at radius 3 is 2.48 bits per heavy atom. The molecule has 0 aliphatic heterocycles. The van der Waals surface area contributed by atoms with E-state index in [1.54, 1.807) is 27.9 Å². The van der Waals surface area contributed by atoms with E-state index < -0.39 is 17.7 Å². The zero-order valence-corrected chi connectivity index (χ0v) is 18.3. The number of carbonyl (C=O) groups is 2. The molecule has 0 saturated heterocycles. The molecule has 3 aromatic rings. The van der Waals surface area contributed by atoms with Crippen molar-refractivity contribution < 1.29 is 19.1 Å². The van der Waals surface area contributed by atoms with Crippen LogP contribution in [0.1, 0.15) is 31.9 Å². The van der Waals surface area contributed by atoms with Crippen LogP contribution in [0.5, 0.6) is 5.75 Å². The van der Waals surface area contributed by atoms with Gasteiger partial charge in [0.25, 0.3) is 0 Å². The van der Waals surface area contributed by atoms with Crippen molar-refractivity contribution in [1.29, 1.82) is 0 Å². The molecule has 0 aliphatic rings. The summed E-state index contributed by atoms with van der Waals surface area (Å²) in [5, 5.41) is 6.64. The van der Waals surface area contributed by atoms with Crippen LogP contribution in [0.2, 0.25) is 0 Å². The zero-order chi connectivity index (χ0) is 22.4. The molecular formula is C24H29N3O4. The monoisotopic (exact) mass is 423 g/mol. The highest BCUT2D eigenvalue weighted by Crippen LogP contribution is 2.20. The number of nitrogens with one attached hydrogen (secondary N) is 3. The lowest BCUT2D eigenvalue weighted by Gasteiger charge is -2.23. The van der Waals surface area contributed by atoms with Gasteiger partial charge in [0, 0.05) is 35.6 Å². The number of para-hydroxylation sites is 2. The molecule has 1 heterocycles. The van der Waals surface area contributed by atoms with Crippen molar-refractivity contribution in [1.82, 2.24) is 15.6 Å². The number of fused-ring (bicyclic) bond motifs is 1.